The Labute approximate surface area is 153 Å². The van der Waals surface area contributed by atoms with Gasteiger partial charge in [-0.15, -0.1) is 0 Å². The first-order valence-electron chi connectivity index (χ1n) is 8.01. The zero-order valence-electron chi connectivity index (χ0n) is 14.3. The molecule has 0 aliphatic carbocycles. The number of nitrogens with one attached hydrogen (secondary N) is 1. The molecule has 1 saturated heterocycles. The lowest BCUT2D eigenvalue weighted by molar-refractivity contribution is -0.136. The SMILES string of the molecule is COc1cc(C(F)(F)F)c2c(N3CC(CCNS(N)(=O)=O)C3)ncnc2c1. The second kappa shape index (κ2) is 7.09. The van der Waals surface area contributed by atoms with Gasteiger partial charge in [0, 0.05) is 25.7 Å². The molecule has 3 N–H and O–H groups in total. The minimum absolute atomic E-state index is 0.0648. The van der Waals surface area contributed by atoms with Crippen LogP contribution in [-0.2, 0) is 16.4 Å². The smallest absolute Gasteiger partial charge is 0.417 e. The Kier molecular flexibility index (Phi) is 5.14. The van der Waals surface area contributed by atoms with Crippen LogP contribution in [0, 0.1) is 5.92 Å². The van der Waals surface area contributed by atoms with Crippen molar-refractivity contribution in [1.82, 2.24) is 14.7 Å². The number of halogens is 3. The highest BCUT2D eigenvalue weighted by atomic mass is 32.2. The lowest BCUT2D eigenvalue weighted by atomic mass is 9.95. The third-order valence-electron chi connectivity index (χ3n) is 4.35. The monoisotopic (exact) mass is 405 g/mol. The van der Waals surface area contributed by atoms with Crippen LogP contribution in [-0.4, -0.2) is 45.1 Å². The van der Waals surface area contributed by atoms with Crippen LogP contribution in [0.2, 0.25) is 0 Å². The predicted molar refractivity (Wildman–Crippen MR) is 92.5 cm³/mol. The molecule has 148 valence electrons. The molecular weight excluding hydrogens is 387 g/mol. The van der Waals surface area contributed by atoms with E-state index in [0.717, 1.165) is 6.07 Å². The topological polar surface area (TPSA) is 110 Å². The van der Waals surface area contributed by atoms with E-state index in [4.69, 9.17) is 9.88 Å². The van der Waals surface area contributed by atoms with Crippen LogP contribution in [0.3, 0.4) is 0 Å². The molecule has 0 unspecified atom stereocenters. The summed E-state index contributed by atoms with van der Waals surface area (Å²) in [5.41, 5.74) is -0.710. The molecule has 1 aromatic carbocycles. The molecule has 0 amide bonds. The largest absolute Gasteiger partial charge is 0.497 e. The van der Waals surface area contributed by atoms with Gasteiger partial charge in [-0.3, -0.25) is 0 Å². The van der Waals surface area contributed by atoms with E-state index in [1.165, 1.54) is 19.5 Å². The number of alkyl halides is 3. The number of nitrogens with zero attached hydrogens (tertiary/aromatic N) is 3. The van der Waals surface area contributed by atoms with E-state index in [-0.39, 0.29) is 34.9 Å². The van der Waals surface area contributed by atoms with E-state index in [2.05, 4.69) is 14.7 Å². The first-order valence-corrected chi connectivity index (χ1v) is 9.55. The fourth-order valence-corrected chi connectivity index (χ4v) is 3.46. The number of nitrogens with two attached hydrogens (primary N) is 1. The van der Waals surface area contributed by atoms with Gasteiger partial charge in [-0.2, -0.15) is 21.6 Å². The lowest BCUT2D eigenvalue weighted by Crippen LogP contribution is -2.48. The maximum absolute atomic E-state index is 13.5. The number of methoxy groups -OCH3 is 1. The van der Waals surface area contributed by atoms with Gasteiger partial charge in [-0.25, -0.2) is 19.8 Å². The minimum atomic E-state index is -4.59. The Hall–Kier alpha value is -2.18. The van der Waals surface area contributed by atoms with Crippen molar-refractivity contribution in [3.8, 4) is 5.75 Å². The molecule has 0 radical (unpaired) electrons. The number of aromatic nitrogens is 2. The van der Waals surface area contributed by atoms with E-state index in [9.17, 15) is 21.6 Å². The maximum Gasteiger partial charge on any atom is 0.417 e. The molecule has 0 saturated carbocycles. The fraction of sp³-hybridized carbons (Fsp3) is 0.467. The molecular formula is C15H18F3N5O3S. The van der Waals surface area contributed by atoms with Gasteiger partial charge in [-0.1, -0.05) is 0 Å². The standard InChI is InChI=1S/C15H18F3N5O3S/c1-26-10-4-11(15(16,17)18)13-12(5-10)20-8-21-14(13)23-6-9(7-23)2-3-22-27(19,24)25/h4-5,8-9,22H,2-3,6-7H2,1H3,(H2,19,24,25). The number of anilines is 1. The van der Waals surface area contributed by atoms with Crippen LogP contribution >= 0.6 is 0 Å². The van der Waals surface area contributed by atoms with Crippen molar-refractivity contribution in [3.05, 3.63) is 24.0 Å². The Morgan fingerprint density at radius 3 is 2.63 bits per heavy atom. The quantitative estimate of drug-likeness (QED) is 0.749. The van der Waals surface area contributed by atoms with Crippen molar-refractivity contribution in [2.45, 2.75) is 12.6 Å². The molecule has 0 spiro atoms. The third-order valence-corrected chi connectivity index (χ3v) is 4.95. The summed E-state index contributed by atoms with van der Waals surface area (Å²) in [5, 5.41) is 4.78. The molecule has 0 atom stereocenters. The lowest BCUT2D eigenvalue weighted by Gasteiger charge is -2.41. The van der Waals surface area contributed by atoms with E-state index in [1.54, 1.807) is 4.90 Å². The Morgan fingerprint density at radius 2 is 2.04 bits per heavy atom. The number of rotatable bonds is 6. The van der Waals surface area contributed by atoms with Gasteiger partial charge in [0.25, 0.3) is 10.2 Å². The van der Waals surface area contributed by atoms with Crippen LogP contribution in [0.25, 0.3) is 10.9 Å². The van der Waals surface area contributed by atoms with Gasteiger partial charge in [0.2, 0.25) is 0 Å². The zero-order valence-corrected chi connectivity index (χ0v) is 15.1. The van der Waals surface area contributed by atoms with Crippen LogP contribution in [0.15, 0.2) is 18.5 Å². The Bertz CT molecular complexity index is 946. The van der Waals surface area contributed by atoms with E-state index in [1.807, 2.05) is 0 Å². The summed E-state index contributed by atoms with van der Waals surface area (Å²) in [7, 11) is -2.46. The van der Waals surface area contributed by atoms with Crippen molar-refractivity contribution in [2.75, 3.05) is 31.6 Å². The summed E-state index contributed by atoms with van der Waals surface area (Å²) in [5.74, 6) is 0.387. The summed E-state index contributed by atoms with van der Waals surface area (Å²) in [4.78, 5) is 9.72. The van der Waals surface area contributed by atoms with E-state index in [0.29, 0.717) is 19.5 Å². The van der Waals surface area contributed by atoms with Crippen molar-refractivity contribution in [1.29, 1.82) is 0 Å². The molecule has 1 aliphatic rings. The van der Waals surface area contributed by atoms with E-state index >= 15 is 0 Å². The molecule has 1 fully saturated rings. The normalized spacial score (nSPS) is 15.8. The van der Waals surface area contributed by atoms with E-state index < -0.39 is 21.9 Å². The number of ether oxygens (including phenoxy) is 1. The summed E-state index contributed by atoms with van der Waals surface area (Å²) in [6.07, 6.45) is -2.85. The zero-order chi connectivity index (χ0) is 19.8. The number of hydrogen-bond donors (Lipinski definition) is 2. The first-order chi connectivity index (χ1) is 12.6. The van der Waals surface area contributed by atoms with Crippen molar-refractivity contribution >= 4 is 26.9 Å². The van der Waals surface area contributed by atoms with Crippen molar-refractivity contribution in [3.63, 3.8) is 0 Å². The second-order valence-electron chi connectivity index (χ2n) is 6.26. The van der Waals surface area contributed by atoms with Gasteiger partial charge < -0.3 is 9.64 Å². The number of hydrogen-bond acceptors (Lipinski definition) is 6. The molecule has 0 bridgehead atoms. The Morgan fingerprint density at radius 1 is 1.33 bits per heavy atom. The summed E-state index contributed by atoms with van der Waals surface area (Å²) in [6, 6.07) is 2.37. The molecule has 8 nitrogen and oxygen atoms in total. The van der Waals surface area contributed by atoms with Gasteiger partial charge in [0.1, 0.15) is 17.9 Å². The van der Waals surface area contributed by atoms with Crippen molar-refractivity contribution < 1.29 is 26.3 Å². The van der Waals surface area contributed by atoms with Gasteiger partial charge in [0.15, 0.2) is 0 Å². The summed E-state index contributed by atoms with van der Waals surface area (Å²) in [6.45, 7) is 1.09. The second-order valence-corrected chi connectivity index (χ2v) is 7.64. The van der Waals surface area contributed by atoms with Gasteiger partial charge >= 0.3 is 6.18 Å². The number of benzene rings is 1. The predicted octanol–water partition coefficient (Wildman–Crippen LogP) is 1.28. The molecule has 2 aromatic rings. The third kappa shape index (κ3) is 4.39. The molecule has 2 heterocycles. The van der Waals surface area contributed by atoms with Crippen LogP contribution in [0.1, 0.15) is 12.0 Å². The Balaban J connectivity index is 1.84. The van der Waals surface area contributed by atoms with Crippen LogP contribution in [0.5, 0.6) is 5.75 Å². The van der Waals surface area contributed by atoms with Crippen LogP contribution in [0.4, 0.5) is 19.0 Å². The first kappa shape index (κ1) is 19.6. The summed E-state index contributed by atoms with van der Waals surface area (Å²) >= 11 is 0. The number of fused-ring (bicyclic) bond motifs is 1. The van der Waals surface area contributed by atoms with Gasteiger partial charge in [-0.05, 0) is 18.4 Å². The average Bonchev–Trinajstić information content (AvgIpc) is 2.53. The summed E-state index contributed by atoms with van der Waals surface area (Å²) < 4.78 is 69.5. The van der Waals surface area contributed by atoms with Crippen LogP contribution < -0.4 is 19.5 Å². The molecule has 1 aliphatic heterocycles. The maximum atomic E-state index is 13.5. The fourth-order valence-electron chi connectivity index (χ4n) is 3.06. The molecule has 1 aromatic heterocycles. The molecule has 12 heteroatoms. The average molecular weight is 405 g/mol. The molecule has 3 rings (SSSR count). The highest BCUT2D eigenvalue weighted by molar-refractivity contribution is 7.87. The highest BCUT2D eigenvalue weighted by Crippen LogP contribution is 2.41. The molecule has 27 heavy (non-hydrogen) atoms. The minimum Gasteiger partial charge on any atom is -0.497 e. The van der Waals surface area contributed by atoms with Gasteiger partial charge in [0.05, 0.1) is 23.6 Å². The van der Waals surface area contributed by atoms with Crippen molar-refractivity contribution in [2.24, 2.45) is 11.1 Å². The highest BCUT2D eigenvalue weighted by Gasteiger charge is 2.37.